The van der Waals surface area contributed by atoms with Gasteiger partial charge in [-0.25, -0.2) is 4.98 Å². The zero-order valence-electron chi connectivity index (χ0n) is 20.9. The van der Waals surface area contributed by atoms with Gasteiger partial charge in [0, 0.05) is 26.3 Å². The van der Waals surface area contributed by atoms with Crippen molar-refractivity contribution >= 4 is 23.3 Å². The number of fused-ring (bicyclic) bond motifs is 1. The number of allylic oxidation sites excluding steroid dienone is 2. The first kappa shape index (κ1) is 27.9. The zero-order valence-corrected chi connectivity index (χ0v) is 20.9. The average Bonchev–Trinajstić information content (AvgIpc) is 3.26. The molecule has 3 rings (SSSR count). The molecule has 3 aromatic rings. The Labute approximate surface area is 210 Å². The molecule has 36 heavy (non-hydrogen) atoms. The molecule has 0 saturated heterocycles. The van der Waals surface area contributed by atoms with Crippen LogP contribution in [0.25, 0.3) is 5.65 Å². The number of hydrogen-bond donors (Lipinski definition) is 5. The lowest BCUT2D eigenvalue weighted by Crippen LogP contribution is -2.38. The molecular formula is C26H33N5O5. The molecule has 1 atom stereocenters. The smallest absolute Gasteiger partial charge is 0.325 e. The summed E-state index contributed by atoms with van der Waals surface area (Å²) in [5.41, 5.74) is 9.07. The van der Waals surface area contributed by atoms with Crippen molar-refractivity contribution in [2.45, 2.75) is 32.9 Å². The van der Waals surface area contributed by atoms with E-state index >= 15 is 0 Å². The molecule has 2 heterocycles. The van der Waals surface area contributed by atoms with Gasteiger partial charge in [0.1, 0.15) is 17.6 Å². The number of carbonyl (C=O) groups is 2. The monoisotopic (exact) mass is 495 g/mol. The van der Waals surface area contributed by atoms with Crippen LogP contribution in [0, 0.1) is 0 Å². The molecule has 0 aliphatic rings. The van der Waals surface area contributed by atoms with Crippen LogP contribution in [0.3, 0.4) is 0 Å². The summed E-state index contributed by atoms with van der Waals surface area (Å²) in [5.74, 6) is -0.362. The number of nitrogens with one attached hydrogen (secondary N) is 2. The molecule has 0 bridgehead atoms. The second-order valence-corrected chi connectivity index (χ2v) is 7.62. The number of aliphatic carboxylic acids is 1. The van der Waals surface area contributed by atoms with Gasteiger partial charge in [-0.15, -0.1) is 0 Å². The average molecular weight is 496 g/mol. The number of amides is 1. The number of nitrogens with zero attached hydrogens (tertiary/aromatic N) is 2. The number of carbonyl (C=O) groups excluding carboxylic acids is 1. The van der Waals surface area contributed by atoms with Crippen LogP contribution in [0.1, 0.15) is 35.5 Å². The summed E-state index contributed by atoms with van der Waals surface area (Å²) in [6, 6.07) is 12.2. The lowest BCUT2D eigenvalue weighted by Gasteiger charge is -2.11. The molecular weight excluding hydrogens is 462 g/mol. The highest BCUT2D eigenvalue weighted by molar-refractivity contribution is 6.01. The van der Waals surface area contributed by atoms with Crippen molar-refractivity contribution in [1.29, 1.82) is 0 Å². The van der Waals surface area contributed by atoms with Gasteiger partial charge in [0.05, 0.1) is 24.1 Å². The first-order chi connectivity index (χ1) is 17.3. The summed E-state index contributed by atoms with van der Waals surface area (Å²) >= 11 is 0. The van der Waals surface area contributed by atoms with E-state index in [0.717, 1.165) is 12.7 Å². The van der Waals surface area contributed by atoms with Gasteiger partial charge in [-0.1, -0.05) is 36.4 Å². The van der Waals surface area contributed by atoms with Crippen LogP contribution in [0.2, 0.25) is 0 Å². The largest absolute Gasteiger partial charge is 0.495 e. The van der Waals surface area contributed by atoms with Gasteiger partial charge in [-0.05, 0) is 37.6 Å². The Kier molecular flexibility index (Phi) is 10.5. The topological polar surface area (TPSA) is 151 Å². The van der Waals surface area contributed by atoms with Crippen LogP contribution in [-0.4, -0.2) is 51.7 Å². The number of aromatic nitrogens is 2. The minimum absolute atomic E-state index is 0.271. The third kappa shape index (κ3) is 6.86. The summed E-state index contributed by atoms with van der Waals surface area (Å²) in [7, 11) is 2.55. The molecule has 0 radical (unpaired) electrons. The molecule has 1 aromatic carbocycles. The highest BCUT2D eigenvalue weighted by Gasteiger charge is 2.21. The lowest BCUT2D eigenvalue weighted by molar-refractivity contribution is -0.138. The third-order valence-corrected chi connectivity index (χ3v) is 5.27. The number of imidazole rings is 1. The molecule has 2 aromatic heterocycles. The van der Waals surface area contributed by atoms with Gasteiger partial charge in [-0.3, -0.25) is 14.0 Å². The van der Waals surface area contributed by atoms with Gasteiger partial charge in [0.2, 0.25) is 0 Å². The maximum Gasteiger partial charge on any atom is 0.325 e. The highest BCUT2D eigenvalue weighted by Crippen LogP contribution is 2.23. The summed E-state index contributed by atoms with van der Waals surface area (Å²) < 4.78 is 7.06. The van der Waals surface area contributed by atoms with E-state index in [1.54, 1.807) is 42.0 Å². The molecule has 10 heteroatoms. The molecule has 0 aliphatic carbocycles. The maximum atomic E-state index is 12.8. The Morgan fingerprint density at radius 3 is 2.50 bits per heavy atom. The summed E-state index contributed by atoms with van der Waals surface area (Å²) in [4.78, 5) is 28.7. The fourth-order valence-electron chi connectivity index (χ4n) is 3.45. The van der Waals surface area contributed by atoms with Crippen LogP contribution in [-0.2, 0) is 22.5 Å². The van der Waals surface area contributed by atoms with E-state index in [0.29, 0.717) is 41.6 Å². The Hall–Kier alpha value is -4.31. The fourth-order valence-corrected chi connectivity index (χ4v) is 3.45. The van der Waals surface area contributed by atoms with Crippen molar-refractivity contribution in [1.82, 2.24) is 14.7 Å². The highest BCUT2D eigenvalue weighted by atomic mass is 16.5. The molecule has 0 spiro atoms. The number of anilines is 1. The third-order valence-electron chi connectivity index (χ3n) is 5.27. The predicted octanol–water partition coefficient (Wildman–Crippen LogP) is 2.69. The molecule has 0 aliphatic heterocycles. The van der Waals surface area contributed by atoms with Gasteiger partial charge in [0.25, 0.3) is 5.91 Å². The number of aliphatic hydroxyl groups is 1. The first-order valence-electron chi connectivity index (χ1n) is 11.3. The number of pyridine rings is 1. The van der Waals surface area contributed by atoms with Crippen molar-refractivity contribution < 1.29 is 24.5 Å². The molecule has 6 N–H and O–H groups in total. The number of hydrogen-bond acceptors (Lipinski definition) is 7. The van der Waals surface area contributed by atoms with E-state index in [4.69, 9.17) is 25.7 Å². The number of ether oxygens (including phenoxy) is 1. The van der Waals surface area contributed by atoms with E-state index < -0.39 is 17.9 Å². The van der Waals surface area contributed by atoms with E-state index in [-0.39, 0.29) is 5.56 Å². The second kappa shape index (κ2) is 13.5. The van der Waals surface area contributed by atoms with E-state index in [1.807, 2.05) is 37.3 Å². The molecule has 0 fully saturated rings. The molecule has 192 valence electrons. The van der Waals surface area contributed by atoms with Crippen LogP contribution >= 0.6 is 0 Å². The summed E-state index contributed by atoms with van der Waals surface area (Å²) in [6.07, 6.45) is 5.77. The second-order valence-electron chi connectivity index (χ2n) is 7.62. The first-order valence-corrected chi connectivity index (χ1v) is 11.3. The van der Waals surface area contributed by atoms with Crippen molar-refractivity contribution in [2.24, 2.45) is 5.73 Å². The predicted molar refractivity (Wildman–Crippen MR) is 138 cm³/mol. The van der Waals surface area contributed by atoms with E-state index in [1.165, 1.54) is 6.92 Å². The number of rotatable bonds is 10. The molecule has 1 unspecified atom stereocenters. The SMILES string of the molecule is C/C=C(OC)\C(N)=C/Cc1nc2c(C(=O)NC(C)C(=O)O)cccn2c1NCc1ccccc1.CO. The quantitative estimate of drug-likeness (QED) is 0.213. The standard InChI is InChI=1S/C25H29N5O4.CH4O/c1-4-21(34-3)19(26)12-13-20-23(27-15-17-9-6-5-7-10-17)30-14-8-11-18(22(30)29-20)24(31)28-16(2)25(32)33;1-2/h4-12,14,16,27H,13,15,26H2,1-3H3,(H,28,31)(H,32,33);2H,1H3/b19-12+,21-4+;. The summed E-state index contributed by atoms with van der Waals surface area (Å²) in [6.45, 7) is 3.79. The van der Waals surface area contributed by atoms with Crippen molar-refractivity contribution in [3.8, 4) is 0 Å². The van der Waals surface area contributed by atoms with Gasteiger partial charge in [-0.2, -0.15) is 0 Å². The number of methoxy groups -OCH3 is 1. The normalized spacial score (nSPS) is 12.4. The number of benzene rings is 1. The number of carboxylic acids is 1. The lowest BCUT2D eigenvalue weighted by atomic mass is 10.2. The number of nitrogens with two attached hydrogens (primary N) is 1. The Balaban J connectivity index is 0.00000222. The minimum Gasteiger partial charge on any atom is -0.495 e. The Bertz CT molecular complexity index is 1230. The van der Waals surface area contributed by atoms with Crippen LogP contribution in [0.4, 0.5) is 5.82 Å². The van der Waals surface area contributed by atoms with E-state index in [9.17, 15) is 9.59 Å². The molecule has 0 saturated carbocycles. The minimum atomic E-state index is -1.12. The van der Waals surface area contributed by atoms with Crippen LogP contribution < -0.4 is 16.4 Å². The zero-order chi connectivity index (χ0) is 26.7. The Morgan fingerprint density at radius 2 is 1.89 bits per heavy atom. The number of aliphatic hydroxyl groups excluding tert-OH is 1. The summed E-state index contributed by atoms with van der Waals surface area (Å²) in [5, 5.41) is 22.1. The molecule has 1 amide bonds. The maximum absolute atomic E-state index is 12.8. The van der Waals surface area contributed by atoms with E-state index in [2.05, 4.69) is 10.6 Å². The van der Waals surface area contributed by atoms with Gasteiger partial charge >= 0.3 is 5.97 Å². The Morgan fingerprint density at radius 1 is 1.19 bits per heavy atom. The van der Waals surface area contributed by atoms with Gasteiger partial charge < -0.3 is 31.3 Å². The van der Waals surface area contributed by atoms with Crippen molar-refractivity contribution in [3.63, 3.8) is 0 Å². The van der Waals surface area contributed by atoms with Gasteiger partial charge in [0.15, 0.2) is 5.65 Å². The van der Waals surface area contributed by atoms with Crippen LogP contribution in [0.5, 0.6) is 0 Å². The fraction of sp³-hybridized carbons (Fsp3) is 0.269. The number of carboxylic acid groups (broad SMARTS) is 1. The van der Waals surface area contributed by atoms with Crippen molar-refractivity contribution in [2.75, 3.05) is 19.5 Å². The van der Waals surface area contributed by atoms with Crippen molar-refractivity contribution in [3.05, 3.63) is 89.1 Å². The van der Waals surface area contributed by atoms with Crippen LogP contribution in [0.15, 0.2) is 72.3 Å². The molecule has 10 nitrogen and oxygen atoms in total.